The average Bonchev–Trinajstić information content (AvgIpc) is 3.13. The normalized spacial score (nSPS) is 27.3. The lowest BCUT2D eigenvalue weighted by atomic mass is 9.80. The molecule has 1 aromatic rings. The smallest absolute Gasteiger partial charge is 0.303 e. The SMILES string of the molecule is CC(=O)OC[C@@H]1[C@@H](OC(C)=O)[C@H](OO[C@@H]2O[C@H](COC(C)=O)[C@@H](OC(C)=O)[C@H](OC(C)=O)[C@H]2OC(C)=O)[C@@H](COC(C)=O)O[C@H]1CC1=CC(=O)c2c(O)ccc(O)c2C1=O. The van der Waals surface area contributed by atoms with Gasteiger partial charge in [0.2, 0.25) is 6.29 Å². The van der Waals surface area contributed by atoms with E-state index in [1.807, 2.05) is 0 Å². The Kier molecular flexibility index (Phi) is 15.8. The number of phenols is 2. The van der Waals surface area contributed by atoms with Crippen LogP contribution in [0, 0.1) is 5.92 Å². The number of hydrogen-bond acceptors (Lipinski definition) is 22. The summed E-state index contributed by atoms with van der Waals surface area (Å²) in [4.78, 5) is 124. The van der Waals surface area contributed by atoms with Gasteiger partial charge < -0.3 is 52.8 Å². The Bertz CT molecular complexity index is 1900. The Morgan fingerprint density at radius 2 is 1.00 bits per heavy atom. The third-order valence-electron chi connectivity index (χ3n) is 9.03. The molecular weight excluding hydrogens is 808 g/mol. The van der Waals surface area contributed by atoms with E-state index >= 15 is 0 Å². The van der Waals surface area contributed by atoms with Crippen LogP contribution in [0.5, 0.6) is 11.5 Å². The van der Waals surface area contributed by atoms with Crippen molar-refractivity contribution in [1.29, 1.82) is 0 Å². The van der Waals surface area contributed by atoms with Gasteiger partial charge in [0.1, 0.15) is 49.6 Å². The van der Waals surface area contributed by atoms with E-state index < -0.39 is 163 Å². The third-order valence-corrected chi connectivity index (χ3v) is 9.03. The quantitative estimate of drug-likeness (QED) is 0.0804. The number of benzene rings is 1. The molecule has 0 bridgehead atoms. The van der Waals surface area contributed by atoms with Gasteiger partial charge in [0.15, 0.2) is 36.0 Å². The molecule has 0 unspecified atom stereocenters. The molecular formula is C38H44O22. The number of hydrogen-bond donors (Lipinski definition) is 2. The van der Waals surface area contributed by atoms with E-state index in [0.29, 0.717) is 0 Å². The summed E-state index contributed by atoms with van der Waals surface area (Å²) in [5.74, 6) is -10.3. The molecule has 22 nitrogen and oxygen atoms in total. The molecule has 0 radical (unpaired) electrons. The summed E-state index contributed by atoms with van der Waals surface area (Å²) >= 11 is 0. The molecule has 0 saturated carbocycles. The van der Waals surface area contributed by atoms with Gasteiger partial charge in [-0.3, -0.25) is 43.2 Å². The topological polar surface area (TPSA) is 296 Å². The second-order valence-corrected chi connectivity index (χ2v) is 13.7. The zero-order chi connectivity index (χ0) is 44.6. The first-order valence-corrected chi connectivity index (χ1v) is 18.2. The summed E-state index contributed by atoms with van der Waals surface area (Å²) in [5, 5.41) is 20.8. The molecule has 0 amide bonds. The molecule has 10 atom stereocenters. The minimum atomic E-state index is -1.93. The van der Waals surface area contributed by atoms with E-state index in [9.17, 15) is 53.4 Å². The highest BCUT2D eigenvalue weighted by atomic mass is 17.2. The van der Waals surface area contributed by atoms with E-state index in [0.717, 1.165) is 66.7 Å². The van der Waals surface area contributed by atoms with E-state index in [-0.39, 0.29) is 5.57 Å². The van der Waals surface area contributed by atoms with Crippen LogP contribution in [0.25, 0.3) is 0 Å². The van der Waals surface area contributed by atoms with Crippen LogP contribution in [0.4, 0.5) is 0 Å². The standard InChI is InChI=1S/C38H44O22/c1-15(39)50-12-23-27(11-22-10-26(48)30-24(46)8-9-25(47)31(30)32(22)49)57-29(14-52-17(3)41)35(33(23)53-18(4)42)59-60-38-37(56-21(7)45)36(55-20(6)44)34(54-19(5)43)28(58-38)13-51-16(2)40/h8-10,23,27-29,33-38,46-47H,11-14H2,1-7H3/t23-,27-,28+,29+,33+,34+,35+,36-,37+,38-/m0/s1. The van der Waals surface area contributed by atoms with Gasteiger partial charge in [-0.1, -0.05) is 0 Å². The zero-order valence-electron chi connectivity index (χ0n) is 33.4. The summed E-state index contributed by atoms with van der Waals surface area (Å²) in [6, 6.07) is 2.05. The second-order valence-electron chi connectivity index (χ2n) is 13.7. The van der Waals surface area contributed by atoms with Crippen molar-refractivity contribution in [3.8, 4) is 11.5 Å². The predicted octanol–water partition coefficient (Wildman–Crippen LogP) is 0.635. The van der Waals surface area contributed by atoms with Crippen LogP contribution in [-0.4, -0.2) is 139 Å². The van der Waals surface area contributed by atoms with Gasteiger partial charge in [0, 0.05) is 60.5 Å². The lowest BCUT2D eigenvalue weighted by Crippen LogP contribution is -2.64. The molecule has 0 aromatic heterocycles. The van der Waals surface area contributed by atoms with Gasteiger partial charge in [-0.2, -0.15) is 4.89 Å². The molecule has 2 fully saturated rings. The number of rotatable bonds is 15. The molecule has 2 N–H and O–H groups in total. The Morgan fingerprint density at radius 3 is 1.53 bits per heavy atom. The Balaban J connectivity index is 1.78. The van der Waals surface area contributed by atoms with Crippen LogP contribution in [0.15, 0.2) is 23.8 Å². The van der Waals surface area contributed by atoms with E-state index in [4.69, 9.17) is 52.4 Å². The Hall–Kier alpha value is -5.97. The minimum Gasteiger partial charge on any atom is -0.507 e. The van der Waals surface area contributed by atoms with Crippen molar-refractivity contribution < 1.29 is 106 Å². The number of aromatic hydroxyl groups is 2. The molecule has 60 heavy (non-hydrogen) atoms. The number of allylic oxidation sites excluding steroid dienone is 1. The number of carbonyl (C=O) groups is 9. The van der Waals surface area contributed by atoms with E-state index in [1.165, 1.54) is 0 Å². The van der Waals surface area contributed by atoms with Crippen molar-refractivity contribution in [2.24, 2.45) is 5.92 Å². The fraction of sp³-hybridized carbons (Fsp3) is 0.553. The fourth-order valence-electron chi connectivity index (χ4n) is 6.75. The number of fused-ring (bicyclic) bond motifs is 1. The maximum atomic E-state index is 13.7. The van der Waals surface area contributed by atoms with Crippen molar-refractivity contribution in [1.82, 2.24) is 0 Å². The molecule has 2 heterocycles. The van der Waals surface area contributed by atoms with Gasteiger partial charge in [-0.05, 0) is 18.2 Å². The summed E-state index contributed by atoms with van der Waals surface area (Å²) in [5.41, 5.74) is -1.17. The van der Waals surface area contributed by atoms with Crippen molar-refractivity contribution in [2.75, 3.05) is 19.8 Å². The zero-order valence-corrected chi connectivity index (χ0v) is 33.4. The average molecular weight is 853 g/mol. The predicted molar refractivity (Wildman–Crippen MR) is 190 cm³/mol. The molecule has 2 aliphatic heterocycles. The molecule has 4 rings (SSSR count). The molecule has 1 aliphatic carbocycles. The molecule has 22 heteroatoms. The number of esters is 7. The molecule has 1 aromatic carbocycles. The van der Waals surface area contributed by atoms with Crippen molar-refractivity contribution >= 4 is 53.4 Å². The molecule has 3 aliphatic rings. The van der Waals surface area contributed by atoms with Crippen LogP contribution in [-0.2, 0) is 86.0 Å². The van der Waals surface area contributed by atoms with Gasteiger partial charge >= 0.3 is 41.8 Å². The summed E-state index contributed by atoms with van der Waals surface area (Å²) in [7, 11) is 0. The Labute approximate surface area is 341 Å². The molecule has 0 spiro atoms. The summed E-state index contributed by atoms with van der Waals surface area (Å²) in [6.45, 7) is 5.36. The minimum absolute atomic E-state index is 0.243. The summed E-state index contributed by atoms with van der Waals surface area (Å²) < 4.78 is 49.7. The first-order chi connectivity index (χ1) is 28.2. The number of phenolic OH excluding ortho intramolecular Hbond substituents is 2. The lowest BCUT2D eigenvalue weighted by Gasteiger charge is -2.46. The molecule has 2 saturated heterocycles. The van der Waals surface area contributed by atoms with Gasteiger partial charge in [0.05, 0.1) is 23.1 Å². The first kappa shape index (κ1) is 46.7. The molecule has 328 valence electrons. The number of ketones is 2. The maximum Gasteiger partial charge on any atom is 0.303 e. The largest absolute Gasteiger partial charge is 0.507 e. The second kappa shape index (κ2) is 20.3. The maximum absolute atomic E-state index is 13.7. The van der Waals surface area contributed by atoms with Crippen molar-refractivity contribution in [3.63, 3.8) is 0 Å². The van der Waals surface area contributed by atoms with Crippen LogP contribution in [0.1, 0.15) is 75.6 Å². The fourth-order valence-corrected chi connectivity index (χ4v) is 6.75. The number of carbonyl (C=O) groups excluding carboxylic acids is 9. The first-order valence-electron chi connectivity index (χ1n) is 18.2. The number of ether oxygens (including phenoxy) is 9. The van der Waals surface area contributed by atoms with Crippen LogP contribution < -0.4 is 0 Å². The highest BCUT2D eigenvalue weighted by Crippen LogP contribution is 2.40. The highest BCUT2D eigenvalue weighted by Gasteiger charge is 2.56. The monoisotopic (exact) mass is 852 g/mol. The highest BCUT2D eigenvalue weighted by molar-refractivity contribution is 6.26. The van der Waals surface area contributed by atoms with Crippen molar-refractivity contribution in [3.05, 3.63) is 34.9 Å². The van der Waals surface area contributed by atoms with E-state index in [1.54, 1.807) is 0 Å². The van der Waals surface area contributed by atoms with Crippen LogP contribution >= 0.6 is 0 Å². The third kappa shape index (κ3) is 11.8. The summed E-state index contributed by atoms with van der Waals surface area (Å²) in [6.07, 6.45) is -14.1. The van der Waals surface area contributed by atoms with Gasteiger partial charge in [-0.15, -0.1) is 0 Å². The van der Waals surface area contributed by atoms with E-state index in [2.05, 4.69) is 0 Å². The van der Waals surface area contributed by atoms with Crippen LogP contribution in [0.2, 0.25) is 0 Å². The number of Topliss-reactive ketones (excluding diaryl/α,β-unsaturated/α-hetero) is 1. The Morgan fingerprint density at radius 1 is 0.533 bits per heavy atom. The van der Waals surface area contributed by atoms with Crippen LogP contribution in [0.3, 0.4) is 0 Å². The lowest BCUT2D eigenvalue weighted by molar-refractivity contribution is -0.458. The van der Waals surface area contributed by atoms with Gasteiger partial charge in [-0.25, -0.2) is 4.89 Å². The van der Waals surface area contributed by atoms with Crippen molar-refractivity contribution in [2.45, 2.75) is 110 Å². The van der Waals surface area contributed by atoms with Gasteiger partial charge in [0.25, 0.3) is 0 Å².